The lowest BCUT2D eigenvalue weighted by molar-refractivity contribution is 0.0411. The van der Waals surface area contributed by atoms with Crippen molar-refractivity contribution in [1.29, 1.82) is 0 Å². The molecule has 0 aromatic heterocycles. The summed E-state index contributed by atoms with van der Waals surface area (Å²) in [4.78, 5) is 2.59. The summed E-state index contributed by atoms with van der Waals surface area (Å²) >= 11 is 12.4. The summed E-state index contributed by atoms with van der Waals surface area (Å²) < 4.78 is 5.44. The molecule has 2 aliphatic heterocycles. The summed E-state index contributed by atoms with van der Waals surface area (Å²) in [5.41, 5.74) is 0.968. The third kappa shape index (κ3) is 3.65. The molecule has 0 bridgehead atoms. The number of phenolic OH excluding ortho intramolecular Hbond substituents is 1. The number of phenols is 1. The summed E-state index contributed by atoms with van der Waals surface area (Å²) in [7, 11) is 0. The van der Waals surface area contributed by atoms with Gasteiger partial charge < -0.3 is 9.84 Å². The number of nitrogens with zero attached hydrogens (tertiary/aromatic N) is 1. The Labute approximate surface area is 135 Å². The van der Waals surface area contributed by atoms with Crippen LogP contribution in [0.4, 0.5) is 0 Å². The van der Waals surface area contributed by atoms with Gasteiger partial charge in [0.25, 0.3) is 0 Å². The molecule has 0 aliphatic carbocycles. The van der Waals surface area contributed by atoms with Crippen molar-refractivity contribution in [3.05, 3.63) is 27.7 Å². The van der Waals surface area contributed by atoms with Crippen LogP contribution in [0, 0.1) is 5.92 Å². The minimum Gasteiger partial charge on any atom is -0.508 e. The number of halogens is 2. The first kappa shape index (κ1) is 15.4. The molecule has 116 valence electrons. The van der Waals surface area contributed by atoms with Gasteiger partial charge in [-0.2, -0.15) is 0 Å². The van der Waals surface area contributed by atoms with E-state index in [1.807, 2.05) is 0 Å². The largest absolute Gasteiger partial charge is 0.508 e. The maximum atomic E-state index is 9.50. The van der Waals surface area contributed by atoms with Crippen LogP contribution in [0.2, 0.25) is 10.0 Å². The lowest BCUT2D eigenvalue weighted by Gasteiger charge is -2.31. The summed E-state index contributed by atoms with van der Waals surface area (Å²) in [5, 5.41) is 10.6. The highest BCUT2D eigenvalue weighted by molar-refractivity contribution is 6.36. The zero-order valence-corrected chi connectivity index (χ0v) is 13.5. The van der Waals surface area contributed by atoms with Gasteiger partial charge in [0, 0.05) is 35.8 Å². The van der Waals surface area contributed by atoms with E-state index in [9.17, 15) is 5.11 Å². The Balaban J connectivity index is 1.62. The Morgan fingerprint density at radius 2 is 1.81 bits per heavy atom. The first-order chi connectivity index (χ1) is 10.1. The fourth-order valence-corrected chi connectivity index (χ4v) is 4.11. The highest BCUT2D eigenvalue weighted by Crippen LogP contribution is 2.34. The fraction of sp³-hybridized carbons (Fsp3) is 0.625. The van der Waals surface area contributed by atoms with E-state index in [0.29, 0.717) is 22.0 Å². The maximum Gasteiger partial charge on any atom is 0.118 e. The lowest BCUT2D eigenvalue weighted by Crippen LogP contribution is -2.38. The van der Waals surface area contributed by atoms with E-state index in [1.165, 1.54) is 6.42 Å². The standard InChI is InChI=1S/C16H21Cl2NO2/c17-15-8-13(20)9-16(18)14(15)7-11-1-4-19(10-11)12-2-5-21-6-3-12/h8-9,11-12,20H,1-7,10H2/t11-/m0/s1. The van der Waals surface area contributed by atoms with Crippen molar-refractivity contribution in [1.82, 2.24) is 4.90 Å². The summed E-state index contributed by atoms with van der Waals surface area (Å²) in [5.74, 6) is 0.719. The molecule has 1 aromatic carbocycles. The number of hydrogen-bond donors (Lipinski definition) is 1. The molecule has 21 heavy (non-hydrogen) atoms. The minimum atomic E-state index is 0.129. The Kier molecular flexibility index (Phi) is 4.95. The first-order valence-corrected chi connectivity index (χ1v) is 8.38. The van der Waals surface area contributed by atoms with Crippen LogP contribution in [0.15, 0.2) is 12.1 Å². The number of likely N-dealkylation sites (tertiary alicyclic amines) is 1. The van der Waals surface area contributed by atoms with Crippen molar-refractivity contribution in [2.45, 2.75) is 31.7 Å². The van der Waals surface area contributed by atoms with E-state index in [2.05, 4.69) is 4.90 Å². The Morgan fingerprint density at radius 1 is 1.14 bits per heavy atom. The topological polar surface area (TPSA) is 32.7 Å². The molecule has 2 heterocycles. The quantitative estimate of drug-likeness (QED) is 0.916. The van der Waals surface area contributed by atoms with Gasteiger partial charge in [-0.15, -0.1) is 0 Å². The molecule has 2 fully saturated rings. The second-order valence-corrected chi connectivity index (χ2v) is 6.90. The van der Waals surface area contributed by atoms with Gasteiger partial charge in [0.1, 0.15) is 5.75 Å². The monoisotopic (exact) mass is 329 g/mol. The second kappa shape index (κ2) is 6.74. The van der Waals surface area contributed by atoms with Crippen molar-refractivity contribution >= 4 is 23.2 Å². The zero-order chi connectivity index (χ0) is 14.8. The SMILES string of the molecule is Oc1cc(Cl)c(C[C@@H]2CCN(C3CCOCC3)C2)c(Cl)c1. The molecule has 0 spiro atoms. The molecule has 0 amide bonds. The van der Waals surface area contributed by atoms with E-state index in [1.54, 1.807) is 12.1 Å². The van der Waals surface area contributed by atoms with Crippen molar-refractivity contribution in [3.63, 3.8) is 0 Å². The van der Waals surface area contributed by atoms with Gasteiger partial charge in [0.15, 0.2) is 0 Å². The minimum absolute atomic E-state index is 0.129. The number of benzene rings is 1. The van der Waals surface area contributed by atoms with E-state index in [4.69, 9.17) is 27.9 Å². The van der Waals surface area contributed by atoms with Gasteiger partial charge in [-0.25, -0.2) is 0 Å². The van der Waals surface area contributed by atoms with Crippen molar-refractivity contribution in [3.8, 4) is 5.75 Å². The molecule has 0 radical (unpaired) electrons. The average Bonchev–Trinajstić information content (AvgIpc) is 2.92. The molecule has 0 saturated carbocycles. The highest BCUT2D eigenvalue weighted by Gasteiger charge is 2.30. The lowest BCUT2D eigenvalue weighted by atomic mass is 9.98. The molecule has 5 heteroatoms. The average molecular weight is 330 g/mol. The highest BCUT2D eigenvalue weighted by atomic mass is 35.5. The number of ether oxygens (including phenoxy) is 1. The number of hydrogen-bond acceptors (Lipinski definition) is 3. The molecule has 3 rings (SSSR count). The van der Waals surface area contributed by atoms with Gasteiger partial charge in [-0.3, -0.25) is 4.90 Å². The van der Waals surface area contributed by atoms with E-state index in [-0.39, 0.29) is 5.75 Å². The van der Waals surface area contributed by atoms with Gasteiger partial charge in [-0.1, -0.05) is 23.2 Å². The van der Waals surface area contributed by atoms with Gasteiger partial charge in [0.05, 0.1) is 0 Å². The molecule has 2 saturated heterocycles. The van der Waals surface area contributed by atoms with Crippen LogP contribution in [0.5, 0.6) is 5.75 Å². The molecule has 3 nitrogen and oxygen atoms in total. The summed E-state index contributed by atoms with van der Waals surface area (Å²) in [6, 6.07) is 3.83. The Morgan fingerprint density at radius 3 is 2.48 bits per heavy atom. The maximum absolute atomic E-state index is 9.50. The first-order valence-electron chi connectivity index (χ1n) is 7.62. The smallest absolute Gasteiger partial charge is 0.118 e. The van der Waals surface area contributed by atoms with E-state index < -0.39 is 0 Å². The molecule has 1 aromatic rings. The van der Waals surface area contributed by atoms with Crippen LogP contribution >= 0.6 is 23.2 Å². The molecule has 1 N–H and O–H groups in total. The summed E-state index contributed by atoms with van der Waals surface area (Å²) in [6.07, 6.45) is 4.36. The third-order valence-electron chi connectivity index (χ3n) is 4.64. The van der Waals surface area contributed by atoms with Crippen LogP contribution in [-0.4, -0.2) is 42.4 Å². The molecular weight excluding hydrogens is 309 g/mol. The van der Waals surface area contributed by atoms with Crippen LogP contribution in [0.1, 0.15) is 24.8 Å². The van der Waals surface area contributed by atoms with Crippen LogP contribution in [-0.2, 0) is 11.2 Å². The predicted octanol–water partition coefficient (Wildman–Crippen LogP) is 3.74. The molecule has 1 atom stereocenters. The van der Waals surface area contributed by atoms with E-state index in [0.717, 1.165) is 51.1 Å². The Hall–Kier alpha value is -0.480. The van der Waals surface area contributed by atoms with Gasteiger partial charge in [-0.05, 0) is 55.8 Å². The molecular formula is C16H21Cl2NO2. The number of rotatable bonds is 3. The van der Waals surface area contributed by atoms with E-state index >= 15 is 0 Å². The van der Waals surface area contributed by atoms with Gasteiger partial charge in [0.2, 0.25) is 0 Å². The molecule has 2 aliphatic rings. The second-order valence-electron chi connectivity index (χ2n) is 6.09. The van der Waals surface area contributed by atoms with Crippen molar-refractivity contribution in [2.24, 2.45) is 5.92 Å². The Bertz CT molecular complexity index is 480. The fourth-order valence-electron chi connectivity index (χ4n) is 3.48. The number of aromatic hydroxyl groups is 1. The van der Waals surface area contributed by atoms with Crippen LogP contribution in [0.3, 0.4) is 0 Å². The summed E-state index contributed by atoms with van der Waals surface area (Å²) in [6.45, 7) is 4.05. The van der Waals surface area contributed by atoms with Crippen molar-refractivity contribution in [2.75, 3.05) is 26.3 Å². The van der Waals surface area contributed by atoms with Crippen LogP contribution < -0.4 is 0 Å². The predicted molar refractivity (Wildman–Crippen MR) is 85.4 cm³/mol. The molecule has 0 unspecified atom stereocenters. The zero-order valence-electron chi connectivity index (χ0n) is 12.0. The third-order valence-corrected chi connectivity index (χ3v) is 5.32. The van der Waals surface area contributed by atoms with Crippen molar-refractivity contribution < 1.29 is 9.84 Å². The van der Waals surface area contributed by atoms with Gasteiger partial charge >= 0.3 is 0 Å². The normalized spacial score (nSPS) is 24.6. The van der Waals surface area contributed by atoms with Crippen LogP contribution in [0.25, 0.3) is 0 Å².